The van der Waals surface area contributed by atoms with Gasteiger partial charge in [0.1, 0.15) is 11.5 Å². The van der Waals surface area contributed by atoms with Crippen LogP contribution in [0.15, 0.2) is 35.5 Å². The summed E-state index contributed by atoms with van der Waals surface area (Å²) in [4.78, 5) is 26.0. The molecule has 130 valence electrons. The van der Waals surface area contributed by atoms with Crippen molar-refractivity contribution in [2.45, 2.75) is 45.3 Å². The van der Waals surface area contributed by atoms with Crippen LogP contribution in [0.2, 0.25) is 0 Å². The fourth-order valence-corrected chi connectivity index (χ4v) is 3.97. The molecule has 5 nitrogen and oxygen atoms in total. The van der Waals surface area contributed by atoms with Crippen LogP contribution in [0.3, 0.4) is 0 Å². The van der Waals surface area contributed by atoms with Crippen molar-refractivity contribution in [3.63, 3.8) is 0 Å². The first-order valence-electron chi connectivity index (χ1n) is 8.52. The Bertz CT molecular complexity index is 644. The van der Waals surface area contributed by atoms with Crippen LogP contribution in [0.25, 0.3) is 0 Å². The second-order valence-corrected chi connectivity index (χ2v) is 7.33. The lowest BCUT2D eigenvalue weighted by Gasteiger charge is -2.21. The van der Waals surface area contributed by atoms with E-state index in [1.54, 1.807) is 11.0 Å². The molecule has 3 aliphatic heterocycles. The highest BCUT2D eigenvalue weighted by Gasteiger charge is 2.66. The van der Waals surface area contributed by atoms with Crippen molar-refractivity contribution in [3.8, 4) is 0 Å². The van der Waals surface area contributed by atoms with E-state index in [1.807, 2.05) is 6.08 Å². The fourth-order valence-electron chi connectivity index (χ4n) is 3.97. The number of nitrogens with zero attached hydrogens (tertiary/aromatic N) is 1. The Kier molecular flexibility index (Phi) is 4.38. The van der Waals surface area contributed by atoms with Gasteiger partial charge >= 0.3 is 5.97 Å². The summed E-state index contributed by atoms with van der Waals surface area (Å²) in [7, 11) is 0. The van der Waals surface area contributed by atoms with Crippen molar-refractivity contribution in [1.82, 2.24) is 4.90 Å². The molecular formula is C19H25NO4. The molecule has 3 rings (SSSR count). The maximum atomic E-state index is 12.7. The number of carboxylic acid groups (broad SMARTS) is 1. The Labute approximate surface area is 142 Å². The molecule has 4 atom stereocenters. The van der Waals surface area contributed by atoms with Crippen molar-refractivity contribution < 1.29 is 19.4 Å². The standard InChI is InChI=1S/C19H25NO4/c1-12(2)5-4-6-13(3)8-10-20-11-19-9-7-14(24-19)15(18(22)23)16(19)17(20)21/h5,7-9,14-16H,4,6,10-11H2,1-3H3,(H,22,23)/b13-8-/t14-,15?,16?,19-/m1/s1. The Hall–Kier alpha value is -1.88. The number of amides is 1. The van der Waals surface area contributed by atoms with E-state index in [2.05, 4.69) is 32.9 Å². The number of hydrogen-bond donors (Lipinski definition) is 1. The summed E-state index contributed by atoms with van der Waals surface area (Å²) in [5.41, 5.74) is 1.82. The minimum Gasteiger partial charge on any atom is -0.481 e. The number of carbonyl (C=O) groups is 2. The van der Waals surface area contributed by atoms with Gasteiger partial charge in [-0.25, -0.2) is 0 Å². The molecule has 1 spiro atoms. The number of likely N-dealkylation sites (tertiary alicyclic amines) is 1. The molecule has 2 saturated heterocycles. The van der Waals surface area contributed by atoms with Crippen LogP contribution in [0.4, 0.5) is 0 Å². The second kappa shape index (κ2) is 6.20. The molecule has 1 N–H and O–H groups in total. The van der Waals surface area contributed by atoms with Gasteiger partial charge in [0.25, 0.3) is 0 Å². The summed E-state index contributed by atoms with van der Waals surface area (Å²) in [5, 5.41) is 9.44. The second-order valence-electron chi connectivity index (χ2n) is 7.33. The van der Waals surface area contributed by atoms with Gasteiger partial charge in [0.15, 0.2) is 0 Å². The third-order valence-electron chi connectivity index (χ3n) is 5.22. The van der Waals surface area contributed by atoms with Crippen LogP contribution in [0.1, 0.15) is 33.6 Å². The van der Waals surface area contributed by atoms with E-state index in [0.29, 0.717) is 13.1 Å². The molecule has 2 bridgehead atoms. The number of allylic oxidation sites excluding steroid dienone is 3. The molecule has 0 aromatic rings. The van der Waals surface area contributed by atoms with Crippen LogP contribution < -0.4 is 0 Å². The Morgan fingerprint density at radius 2 is 2.17 bits per heavy atom. The molecule has 1 amide bonds. The van der Waals surface area contributed by atoms with Gasteiger partial charge in [-0.15, -0.1) is 0 Å². The highest BCUT2D eigenvalue weighted by atomic mass is 16.5. The van der Waals surface area contributed by atoms with E-state index in [0.717, 1.165) is 12.8 Å². The van der Waals surface area contributed by atoms with Gasteiger partial charge in [0, 0.05) is 6.54 Å². The van der Waals surface area contributed by atoms with Crippen LogP contribution in [-0.2, 0) is 14.3 Å². The SMILES string of the molecule is CC(C)=CCC/C(C)=C\CN1C[C@@]23C=C[C@@H](O2)C(C(=O)O)C3C1=O. The maximum absolute atomic E-state index is 12.7. The molecule has 5 heteroatoms. The summed E-state index contributed by atoms with van der Waals surface area (Å²) in [6, 6.07) is 0. The number of aliphatic carboxylic acids is 1. The molecule has 3 heterocycles. The molecule has 0 radical (unpaired) electrons. The van der Waals surface area contributed by atoms with Crippen molar-refractivity contribution >= 4 is 11.9 Å². The third kappa shape index (κ3) is 2.81. The van der Waals surface area contributed by atoms with E-state index >= 15 is 0 Å². The fraction of sp³-hybridized carbons (Fsp3) is 0.579. The number of rotatable bonds is 6. The van der Waals surface area contributed by atoms with Gasteiger partial charge in [-0.05, 0) is 33.6 Å². The van der Waals surface area contributed by atoms with Crippen molar-refractivity contribution in [2.75, 3.05) is 13.1 Å². The largest absolute Gasteiger partial charge is 0.481 e. The van der Waals surface area contributed by atoms with Crippen molar-refractivity contribution in [1.29, 1.82) is 0 Å². The minimum atomic E-state index is -0.945. The summed E-state index contributed by atoms with van der Waals surface area (Å²) < 4.78 is 5.87. The number of carboxylic acids is 1. The van der Waals surface area contributed by atoms with E-state index in [1.165, 1.54) is 11.1 Å². The topological polar surface area (TPSA) is 66.8 Å². The highest BCUT2D eigenvalue weighted by Crippen LogP contribution is 2.51. The molecule has 2 fully saturated rings. The zero-order valence-corrected chi connectivity index (χ0v) is 14.5. The highest BCUT2D eigenvalue weighted by molar-refractivity contribution is 5.90. The molecule has 3 aliphatic rings. The first-order chi connectivity index (χ1) is 11.3. The molecule has 0 saturated carbocycles. The van der Waals surface area contributed by atoms with Crippen molar-refractivity contribution in [2.24, 2.45) is 11.8 Å². The zero-order valence-electron chi connectivity index (χ0n) is 14.5. The Morgan fingerprint density at radius 3 is 2.83 bits per heavy atom. The monoisotopic (exact) mass is 331 g/mol. The zero-order chi connectivity index (χ0) is 17.5. The van der Waals surface area contributed by atoms with E-state index in [9.17, 15) is 14.7 Å². The minimum absolute atomic E-state index is 0.0948. The van der Waals surface area contributed by atoms with Crippen molar-refractivity contribution in [3.05, 3.63) is 35.5 Å². The number of fused-ring (bicyclic) bond motifs is 1. The quantitative estimate of drug-likeness (QED) is 0.760. The smallest absolute Gasteiger partial charge is 0.310 e. The average molecular weight is 331 g/mol. The average Bonchev–Trinajstić information content (AvgIpc) is 3.13. The normalized spacial score (nSPS) is 34.0. The number of hydrogen-bond acceptors (Lipinski definition) is 3. The van der Waals surface area contributed by atoms with Gasteiger partial charge in [0.05, 0.1) is 18.6 Å². The molecule has 24 heavy (non-hydrogen) atoms. The summed E-state index contributed by atoms with van der Waals surface area (Å²) in [5.74, 6) is -2.37. The van der Waals surface area contributed by atoms with Crippen LogP contribution >= 0.6 is 0 Å². The van der Waals surface area contributed by atoms with Gasteiger partial charge < -0.3 is 14.7 Å². The predicted molar refractivity (Wildman–Crippen MR) is 90.4 cm³/mol. The van der Waals surface area contributed by atoms with E-state index in [-0.39, 0.29) is 5.91 Å². The Morgan fingerprint density at radius 1 is 1.42 bits per heavy atom. The Balaban J connectivity index is 1.66. The van der Waals surface area contributed by atoms with Gasteiger partial charge in [-0.1, -0.05) is 35.5 Å². The maximum Gasteiger partial charge on any atom is 0.310 e. The first kappa shape index (κ1) is 17.0. The van der Waals surface area contributed by atoms with Crippen LogP contribution in [-0.4, -0.2) is 46.7 Å². The molecular weight excluding hydrogens is 306 g/mol. The summed E-state index contributed by atoms with van der Waals surface area (Å²) in [6.07, 6.45) is 9.48. The summed E-state index contributed by atoms with van der Waals surface area (Å²) in [6.45, 7) is 7.21. The van der Waals surface area contributed by atoms with E-state index in [4.69, 9.17) is 4.74 Å². The third-order valence-corrected chi connectivity index (χ3v) is 5.22. The predicted octanol–water partition coefficient (Wildman–Crippen LogP) is 2.55. The van der Waals surface area contributed by atoms with Crippen LogP contribution in [0.5, 0.6) is 0 Å². The number of carbonyl (C=O) groups excluding carboxylic acids is 1. The number of ether oxygens (including phenoxy) is 1. The lowest BCUT2D eigenvalue weighted by Crippen LogP contribution is -2.39. The molecule has 0 aromatic heterocycles. The molecule has 0 aromatic carbocycles. The van der Waals surface area contributed by atoms with E-state index < -0.39 is 29.5 Å². The molecule has 0 aliphatic carbocycles. The first-order valence-corrected chi connectivity index (χ1v) is 8.52. The van der Waals surface area contributed by atoms with Gasteiger partial charge in [-0.2, -0.15) is 0 Å². The lowest BCUT2D eigenvalue weighted by atomic mass is 9.77. The van der Waals surface area contributed by atoms with Gasteiger partial charge in [0.2, 0.25) is 5.91 Å². The lowest BCUT2D eigenvalue weighted by molar-refractivity contribution is -0.147. The van der Waals surface area contributed by atoms with Crippen LogP contribution in [0, 0.1) is 11.8 Å². The summed E-state index contributed by atoms with van der Waals surface area (Å²) >= 11 is 0. The van der Waals surface area contributed by atoms with Gasteiger partial charge in [-0.3, -0.25) is 9.59 Å². The molecule has 2 unspecified atom stereocenters.